The van der Waals surface area contributed by atoms with Crippen LogP contribution < -0.4 is 5.32 Å². The molecule has 0 spiro atoms. The number of rotatable bonds is 5. The van der Waals surface area contributed by atoms with Gasteiger partial charge in [-0.3, -0.25) is 4.57 Å². The Balaban J connectivity index is 1.44. The van der Waals surface area contributed by atoms with E-state index in [1.807, 2.05) is 24.5 Å². The number of fused-ring (bicyclic) bond motifs is 2. The number of hydrogen-bond donors (Lipinski definition) is 2. The largest absolute Gasteiger partial charge is 0.394 e. The van der Waals surface area contributed by atoms with E-state index in [2.05, 4.69) is 42.3 Å². The molecule has 2 aliphatic rings. The molecule has 5 rings (SSSR count). The van der Waals surface area contributed by atoms with Gasteiger partial charge in [-0.2, -0.15) is 0 Å². The Morgan fingerprint density at radius 3 is 2.83 bits per heavy atom. The van der Waals surface area contributed by atoms with Crippen molar-refractivity contribution < 1.29 is 19.3 Å². The van der Waals surface area contributed by atoms with Gasteiger partial charge in [-0.15, -0.1) is 11.3 Å². The maximum absolute atomic E-state index is 9.71. The zero-order chi connectivity index (χ0) is 20.2. The molecule has 4 atom stereocenters. The Morgan fingerprint density at radius 2 is 2.07 bits per heavy atom. The van der Waals surface area contributed by atoms with Gasteiger partial charge in [-0.1, -0.05) is 0 Å². The Labute approximate surface area is 179 Å². The lowest BCUT2D eigenvalue weighted by atomic mass is 10.1. The SMILES string of the molecule is CC1(C)OC2[C@@H](O1)[C@@H](CO)O[C@H]2n1cnc2c(NCc3ccc(Br)s3)ncnc21. The number of hydrogen-bond acceptors (Lipinski definition) is 9. The summed E-state index contributed by atoms with van der Waals surface area (Å²) in [6.07, 6.45) is 1.48. The minimum atomic E-state index is -0.738. The Bertz CT molecular complexity index is 1040. The van der Waals surface area contributed by atoms with Crippen molar-refractivity contribution in [1.29, 1.82) is 0 Å². The van der Waals surface area contributed by atoms with Gasteiger partial charge in [0.1, 0.15) is 24.6 Å². The van der Waals surface area contributed by atoms with Gasteiger partial charge in [-0.25, -0.2) is 15.0 Å². The molecule has 2 saturated heterocycles. The first-order valence-electron chi connectivity index (χ1n) is 9.23. The van der Waals surface area contributed by atoms with Crippen molar-refractivity contribution in [2.75, 3.05) is 11.9 Å². The number of aliphatic hydroxyl groups excluding tert-OH is 1. The van der Waals surface area contributed by atoms with E-state index in [4.69, 9.17) is 14.2 Å². The summed E-state index contributed by atoms with van der Waals surface area (Å²) < 4.78 is 20.9. The number of nitrogens with one attached hydrogen (secondary N) is 1. The summed E-state index contributed by atoms with van der Waals surface area (Å²) in [4.78, 5) is 14.4. The lowest BCUT2D eigenvalue weighted by Crippen LogP contribution is -2.31. The number of aromatic nitrogens is 4. The second-order valence-electron chi connectivity index (χ2n) is 7.42. The highest BCUT2D eigenvalue weighted by Crippen LogP contribution is 2.43. The molecular weight excluding hydrogens is 462 g/mol. The first kappa shape index (κ1) is 19.3. The van der Waals surface area contributed by atoms with Crippen LogP contribution in [0.5, 0.6) is 0 Å². The molecule has 154 valence electrons. The van der Waals surface area contributed by atoms with Gasteiger partial charge < -0.3 is 24.6 Å². The Morgan fingerprint density at radius 1 is 1.24 bits per heavy atom. The van der Waals surface area contributed by atoms with Crippen LogP contribution in [0.15, 0.2) is 28.6 Å². The summed E-state index contributed by atoms with van der Waals surface area (Å²) in [5.41, 5.74) is 1.28. The molecule has 11 heteroatoms. The standard InChI is InChI=1S/C18H20BrN5O4S/c1-18(2)27-13-10(6-25)26-17(14(13)28-18)24-8-23-12-15(21-7-22-16(12)24)20-5-9-3-4-11(19)29-9/h3-4,7-8,10,13-14,17,25H,5-6H2,1-2H3,(H,20,21,22)/t10-,13+,14?,17-/m1/s1. The highest BCUT2D eigenvalue weighted by molar-refractivity contribution is 9.11. The van der Waals surface area contributed by atoms with Crippen LogP contribution in [0, 0.1) is 0 Å². The molecule has 0 radical (unpaired) electrons. The van der Waals surface area contributed by atoms with Crippen molar-refractivity contribution in [2.45, 2.75) is 50.7 Å². The first-order chi connectivity index (χ1) is 13.9. The molecule has 2 aliphatic heterocycles. The second kappa shape index (κ2) is 7.25. The van der Waals surface area contributed by atoms with E-state index in [0.717, 1.165) is 3.79 Å². The number of thiophene rings is 1. The Kier molecular flexibility index (Phi) is 4.84. The third kappa shape index (κ3) is 3.45. The van der Waals surface area contributed by atoms with Gasteiger partial charge in [0, 0.05) is 4.88 Å². The maximum Gasteiger partial charge on any atom is 0.167 e. The van der Waals surface area contributed by atoms with E-state index in [-0.39, 0.29) is 18.8 Å². The number of imidazole rings is 1. The third-order valence-electron chi connectivity index (χ3n) is 5.00. The average Bonchev–Trinajstić information content (AvgIpc) is 3.42. The quantitative estimate of drug-likeness (QED) is 0.572. The van der Waals surface area contributed by atoms with Gasteiger partial charge in [0.15, 0.2) is 29.0 Å². The number of ether oxygens (including phenoxy) is 3. The molecule has 0 amide bonds. The van der Waals surface area contributed by atoms with E-state index < -0.39 is 18.1 Å². The number of aliphatic hydroxyl groups is 1. The van der Waals surface area contributed by atoms with Gasteiger partial charge >= 0.3 is 0 Å². The van der Waals surface area contributed by atoms with Gasteiger partial charge in [-0.05, 0) is 41.9 Å². The molecule has 3 aromatic heterocycles. The molecule has 29 heavy (non-hydrogen) atoms. The van der Waals surface area contributed by atoms with Gasteiger partial charge in [0.05, 0.1) is 23.3 Å². The molecule has 0 saturated carbocycles. The number of nitrogens with zero attached hydrogens (tertiary/aromatic N) is 4. The molecular formula is C18H20BrN5O4S. The second-order valence-corrected chi connectivity index (χ2v) is 9.97. The fourth-order valence-electron chi connectivity index (χ4n) is 3.82. The van der Waals surface area contributed by atoms with Crippen molar-refractivity contribution in [3.05, 3.63) is 33.5 Å². The topological polar surface area (TPSA) is 104 Å². The fraction of sp³-hybridized carbons (Fsp3) is 0.500. The lowest BCUT2D eigenvalue weighted by Gasteiger charge is -2.24. The van der Waals surface area contributed by atoms with Crippen molar-refractivity contribution in [1.82, 2.24) is 19.5 Å². The fourth-order valence-corrected chi connectivity index (χ4v) is 5.24. The molecule has 0 aromatic carbocycles. The molecule has 9 nitrogen and oxygen atoms in total. The lowest BCUT2D eigenvalue weighted by molar-refractivity contribution is -0.199. The van der Waals surface area contributed by atoms with Crippen molar-refractivity contribution in [2.24, 2.45) is 0 Å². The van der Waals surface area contributed by atoms with Crippen LogP contribution in [0.1, 0.15) is 25.0 Å². The Hall–Kier alpha value is -1.63. The normalized spacial score (nSPS) is 28.1. The molecule has 5 heterocycles. The molecule has 1 unspecified atom stereocenters. The van der Waals surface area contributed by atoms with E-state index >= 15 is 0 Å². The van der Waals surface area contributed by atoms with E-state index in [1.165, 1.54) is 11.2 Å². The molecule has 3 aromatic rings. The molecule has 0 bridgehead atoms. The predicted molar refractivity (Wildman–Crippen MR) is 109 cm³/mol. The molecule has 2 fully saturated rings. The third-order valence-corrected chi connectivity index (χ3v) is 6.62. The van der Waals surface area contributed by atoms with Crippen LogP contribution in [-0.4, -0.2) is 55.3 Å². The van der Waals surface area contributed by atoms with Crippen molar-refractivity contribution in [3.8, 4) is 0 Å². The summed E-state index contributed by atoms with van der Waals surface area (Å²) in [5, 5.41) is 13.0. The van der Waals surface area contributed by atoms with Crippen molar-refractivity contribution >= 4 is 44.2 Å². The van der Waals surface area contributed by atoms with Gasteiger partial charge in [0.25, 0.3) is 0 Å². The van der Waals surface area contributed by atoms with E-state index in [1.54, 1.807) is 17.7 Å². The van der Waals surface area contributed by atoms with Crippen molar-refractivity contribution in [3.63, 3.8) is 0 Å². The predicted octanol–water partition coefficient (Wildman–Crippen LogP) is 2.67. The van der Waals surface area contributed by atoms with Crippen LogP contribution in [0.4, 0.5) is 5.82 Å². The van der Waals surface area contributed by atoms with Crippen LogP contribution in [0.2, 0.25) is 0 Å². The highest BCUT2D eigenvalue weighted by Gasteiger charge is 2.55. The number of anilines is 1. The average molecular weight is 482 g/mol. The number of halogens is 1. The maximum atomic E-state index is 9.71. The first-order valence-corrected chi connectivity index (χ1v) is 10.8. The summed E-state index contributed by atoms with van der Waals surface area (Å²) in [5.74, 6) is -0.0897. The monoisotopic (exact) mass is 481 g/mol. The minimum Gasteiger partial charge on any atom is -0.394 e. The zero-order valence-corrected chi connectivity index (χ0v) is 18.2. The van der Waals surface area contributed by atoms with E-state index in [0.29, 0.717) is 23.5 Å². The summed E-state index contributed by atoms with van der Waals surface area (Å²) in [7, 11) is 0. The van der Waals surface area contributed by atoms with Gasteiger partial charge in [0.2, 0.25) is 0 Å². The van der Waals surface area contributed by atoms with Crippen LogP contribution >= 0.6 is 27.3 Å². The summed E-state index contributed by atoms with van der Waals surface area (Å²) in [6, 6.07) is 4.07. The van der Waals surface area contributed by atoms with Crippen LogP contribution in [0.25, 0.3) is 11.2 Å². The summed E-state index contributed by atoms with van der Waals surface area (Å²) in [6.45, 7) is 4.20. The van der Waals surface area contributed by atoms with E-state index in [9.17, 15) is 5.11 Å². The minimum absolute atomic E-state index is 0.151. The summed E-state index contributed by atoms with van der Waals surface area (Å²) >= 11 is 5.14. The molecule has 0 aliphatic carbocycles. The molecule has 2 N–H and O–H groups in total. The van der Waals surface area contributed by atoms with Crippen LogP contribution in [-0.2, 0) is 20.8 Å². The highest BCUT2D eigenvalue weighted by atomic mass is 79.9. The van der Waals surface area contributed by atoms with Crippen LogP contribution in [0.3, 0.4) is 0 Å². The zero-order valence-electron chi connectivity index (χ0n) is 15.8. The smallest absolute Gasteiger partial charge is 0.167 e.